The number of unbranched alkanes of at least 4 members (excludes halogenated alkanes) is 4. The van der Waals surface area contributed by atoms with Crippen molar-refractivity contribution in [1.29, 1.82) is 0 Å². The Morgan fingerprint density at radius 1 is 1.32 bits per heavy atom. The van der Waals surface area contributed by atoms with Crippen molar-refractivity contribution in [2.45, 2.75) is 52.4 Å². The van der Waals surface area contributed by atoms with Gasteiger partial charge in [0.25, 0.3) is 0 Å². The number of aryl methyl sites for hydroxylation is 1. The lowest BCUT2D eigenvalue weighted by Gasteiger charge is -2.20. The molecule has 0 aliphatic heterocycles. The second-order valence-corrected chi connectivity index (χ2v) is 4.84. The van der Waals surface area contributed by atoms with Gasteiger partial charge in [0.05, 0.1) is 6.42 Å². The minimum Gasteiger partial charge on any atom is -0.481 e. The van der Waals surface area contributed by atoms with Crippen molar-refractivity contribution < 1.29 is 14.4 Å². The van der Waals surface area contributed by atoms with Crippen LogP contribution in [-0.4, -0.2) is 29.3 Å². The molecule has 108 valence electrons. The molecule has 0 bridgehead atoms. The zero-order chi connectivity index (χ0) is 14.1. The first kappa shape index (κ1) is 15.5. The van der Waals surface area contributed by atoms with Gasteiger partial charge >= 0.3 is 5.97 Å². The predicted octanol–water partition coefficient (Wildman–Crippen LogP) is 3.23. The minimum atomic E-state index is -0.781. The van der Waals surface area contributed by atoms with Crippen LogP contribution in [0.15, 0.2) is 10.6 Å². The van der Waals surface area contributed by atoms with E-state index < -0.39 is 5.97 Å². The van der Waals surface area contributed by atoms with Gasteiger partial charge in [0.2, 0.25) is 0 Å². The van der Waals surface area contributed by atoms with Gasteiger partial charge in [-0.1, -0.05) is 37.8 Å². The Hall–Kier alpha value is -1.52. The molecule has 1 aromatic rings. The highest BCUT2D eigenvalue weighted by molar-refractivity contribution is 5.67. The van der Waals surface area contributed by atoms with Crippen LogP contribution in [0, 0.1) is 6.92 Å². The third-order valence-corrected chi connectivity index (χ3v) is 3.07. The number of nitrogens with zero attached hydrogens (tertiary/aromatic N) is 2. The highest BCUT2D eigenvalue weighted by Gasteiger charge is 2.12. The second-order valence-electron chi connectivity index (χ2n) is 4.84. The van der Waals surface area contributed by atoms with Crippen LogP contribution >= 0.6 is 0 Å². The van der Waals surface area contributed by atoms with Gasteiger partial charge < -0.3 is 14.5 Å². The van der Waals surface area contributed by atoms with E-state index in [2.05, 4.69) is 12.1 Å². The fraction of sp³-hybridized carbons (Fsp3) is 0.714. The summed E-state index contributed by atoms with van der Waals surface area (Å²) < 4.78 is 5.06. The van der Waals surface area contributed by atoms with Crippen LogP contribution in [0.2, 0.25) is 0 Å². The van der Waals surface area contributed by atoms with Crippen LogP contribution in [-0.2, 0) is 4.79 Å². The van der Waals surface area contributed by atoms with Gasteiger partial charge in [0.15, 0.2) is 5.82 Å². The summed E-state index contributed by atoms with van der Waals surface area (Å²) in [5, 5.41) is 12.8. The lowest BCUT2D eigenvalue weighted by molar-refractivity contribution is -0.136. The first-order chi connectivity index (χ1) is 9.13. The molecular formula is C14H24N2O3. The summed E-state index contributed by atoms with van der Waals surface area (Å²) in [6.45, 7) is 5.35. The highest BCUT2D eigenvalue weighted by Crippen LogP contribution is 2.15. The van der Waals surface area contributed by atoms with Crippen LogP contribution in [0.4, 0.5) is 5.82 Å². The van der Waals surface area contributed by atoms with Gasteiger partial charge in [-0.05, 0) is 13.3 Å². The largest absolute Gasteiger partial charge is 0.481 e. The summed E-state index contributed by atoms with van der Waals surface area (Å²) in [4.78, 5) is 12.7. The molecule has 0 atom stereocenters. The molecule has 0 saturated carbocycles. The molecule has 0 unspecified atom stereocenters. The maximum atomic E-state index is 10.7. The van der Waals surface area contributed by atoms with Gasteiger partial charge in [-0.2, -0.15) is 0 Å². The van der Waals surface area contributed by atoms with E-state index in [1.165, 1.54) is 25.7 Å². The topological polar surface area (TPSA) is 66.6 Å². The molecule has 0 radical (unpaired) electrons. The summed E-state index contributed by atoms with van der Waals surface area (Å²) in [5.41, 5.74) is 0. The van der Waals surface area contributed by atoms with Gasteiger partial charge in [0, 0.05) is 19.2 Å². The Kier molecular flexibility index (Phi) is 7.00. The molecule has 0 aromatic carbocycles. The molecule has 5 nitrogen and oxygen atoms in total. The molecule has 1 N–H and O–H groups in total. The monoisotopic (exact) mass is 268 g/mol. The van der Waals surface area contributed by atoms with Crippen molar-refractivity contribution in [3.63, 3.8) is 0 Å². The van der Waals surface area contributed by atoms with E-state index in [0.29, 0.717) is 6.54 Å². The van der Waals surface area contributed by atoms with Crippen molar-refractivity contribution in [3.05, 3.63) is 11.8 Å². The van der Waals surface area contributed by atoms with Gasteiger partial charge in [-0.15, -0.1) is 0 Å². The molecule has 19 heavy (non-hydrogen) atoms. The molecule has 5 heteroatoms. The van der Waals surface area contributed by atoms with E-state index in [0.717, 1.165) is 24.5 Å². The van der Waals surface area contributed by atoms with Crippen molar-refractivity contribution >= 4 is 11.8 Å². The van der Waals surface area contributed by atoms with Gasteiger partial charge in [-0.3, -0.25) is 4.79 Å². The number of carbonyl (C=O) groups is 1. The smallest absolute Gasteiger partial charge is 0.305 e. The fourth-order valence-electron chi connectivity index (χ4n) is 1.98. The normalized spacial score (nSPS) is 10.6. The van der Waals surface area contributed by atoms with Crippen LogP contribution in [0.5, 0.6) is 0 Å². The number of carboxylic acids is 1. The van der Waals surface area contributed by atoms with E-state index in [1.54, 1.807) is 0 Å². The lowest BCUT2D eigenvalue weighted by Crippen LogP contribution is -2.27. The van der Waals surface area contributed by atoms with Crippen LogP contribution in [0.3, 0.4) is 0 Å². The minimum absolute atomic E-state index is 0.126. The number of hydrogen-bond acceptors (Lipinski definition) is 4. The third-order valence-electron chi connectivity index (χ3n) is 3.07. The molecule has 0 saturated heterocycles. The number of aromatic nitrogens is 1. The zero-order valence-electron chi connectivity index (χ0n) is 11.9. The van der Waals surface area contributed by atoms with E-state index >= 15 is 0 Å². The predicted molar refractivity (Wildman–Crippen MR) is 74.5 cm³/mol. The SMILES string of the molecule is CCCCCCCN(CCC(=O)O)c1cc(C)on1. The molecule has 1 aromatic heterocycles. The lowest BCUT2D eigenvalue weighted by atomic mass is 10.1. The average Bonchev–Trinajstić information content (AvgIpc) is 2.79. The maximum absolute atomic E-state index is 10.7. The van der Waals surface area contributed by atoms with E-state index in [4.69, 9.17) is 9.63 Å². The van der Waals surface area contributed by atoms with Crippen LogP contribution in [0.1, 0.15) is 51.2 Å². The molecular weight excluding hydrogens is 244 g/mol. The Morgan fingerprint density at radius 3 is 2.63 bits per heavy atom. The Labute approximate surface area is 114 Å². The van der Waals surface area contributed by atoms with Gasteiger partial charge in [0.1, 0.15) is 5.76 Å². The van der Waals surface area contributed by atoms with Crippen molar-refractivity contribution in [3.8, 4) is 0 Å². The zero-order valence-corrected chi connectivity index (χ0v) is 11.9. The molecule has 1 rings (SSSR count). The van der Waals surface area contributed by atoms with E-state index in [9.17, 15) is 4.79 Å². The summed E-state index contributed by atoms with van der Waals surface area (Å²) >= 11 is 0. The summed E-state index contributed by atoms with van der Waals surface area (Å²) in [5.74, 6) is 0.715. The summed E-state index contributed by atoms with van der Waals surface area (Å²) in [6, 6.07) is 1.86. The van der Waals surface area contributed by atoms with Gasteiger partial charge in [-0.25, -0.2) is 0 Å². The highest BCUT2D eigenvalue weighted by atomic mass is 16.5. The Balaban J connectivity index is 2.43. The molecule has 1 heterocycles. The first-order valence-corrected chi connectivity index (χ1v) is 7.03. The van der Waals surface area contributed by atoms with Crippen molar-refractivity contribution in [2.24, 2.45) is 0 Å². The van der Waals surface area contributed by atoms with Crippen LogP contribution in [0.25, 0.3) is 0 Å². The second kappa shape index (κ2) is 8.56. The number of rotatable bonds is 10. The number of aliphatic carboxylic acids is 1. The maximum Gasteiger partial charge on any atom is 0.305 e. The number of carboxylic acid groups (broad SMARTS) is 1. The fourth-order valence-corrected chi connectivity index (χ4v) is 1.98. The standard InChI is InChI=1S/C14H24N2O3/c1-3-4-5-6-7-9-16(10-8-14(17)18)13-11-12(2)19-15-13/h11H,3-10H2,1-2H3,(H,17,18). The number of hydrogen-bond donors (Lipinski definition) is 1. The summed E-state index contributed by atoms with van der Waals surface area (Å²) in [7, 11) is 0. The Morgan fingerprint density at radius 2 is 2.05 bits per heavy atom. The average molecular weight is 268 g/mol. The molecule has 0 fully saturated rings. The quantitative estimate of drug-likeness (QED) is 0.660. The van der Waals surface area contributed by atoms with Crippen molar-refractivity contribution in [2.75, 3.05) is 18.0 Å². The number of anilines is 1. The third kappa shape index (κ3) is 6.27. The van der Waals surface area contributed by atoms with Crippen molar-refractivity contribution in [1.82, 2.24) is 5.16 Å². The molecule has 0 amide bonds. The molecule has 0 spiro atoms. The first-order valence-electron chi connectivity index (χ1n) is 7.03. The molecule has 0 aliphatic rings. The molecule has 0 aliphatic carbocycles. The summed E-state index contributed by atoms with van der Waals surface area (Å²) in [6.07, 6.45) is 6.09. The van der Waals surface area contributed by atoms with Crippen LogP contribution < -0.4 is 4.90 Å². The van der Waals surface area contributed by atoms with E-state index in [1.807, 2.05) is 17.9 Å². The van der Waals surface area contributed by atoms with E-state index in [-0.39, 0.29) is 6.42 Å². The Bertz CT molecular complexity index is 377.